The molecule has 12 heteroatoms. The van der Waals surface area contributed by atoms with Gasteiger partial charge in [0.15, 0.2) is 6.10 Å². The number of alkyl halides is 2. The van der Waals surface area contributed by atoms with Crippen LogP contribution in [0.5, 0.6) is 0 Å². The molecule has 0 aliphatic carbocycles. The maximum atomic E-state index is 11.8. The Bertz CT molecular complexity index is 487. The third-order valence-electron chi connectivity index (χ3n) is 2.90. The average Bonchev–Trinajstić information content (AvgIpc) is 2.71. The van der Waals surface area contributed by atoms with Crippen LogP contribution in [0.1, 0.15) is 20.8 Å². The zero-order valence-electron chi connectivity index (χ0n) is 17.5. The lowest BCUT2D eigenvalue weighted by Gasteiger charge is -2.32. The number of ether oxygens (including phenoxy) is 4. The molecular formula is C17H32Br2N2O8. The predicted molar refractivity (Wildman–Crippen MR) is 114 cm³/mol. The van der Waals surface area contributed by atoms with Crippen LogP contribution in [-0.2, 0) is 28.5 Å². The Labute approximate surface area is 188 Å². The molecule has 10 nitrogen and oxygen atoms in total. The number of esters is 2. The quantitative estimate of drug-likeness (QED) is 0.298. The van der Waals surface area contributed by atoms with Gasteiger partial charge < -0.3 is 34.7 Å². The Balaban J connectivity index is 0. The van der Waals surface area contributed by atoms with Crippen molar-refractivity contribution in [3.8, 4) is 0 Å². The minimum atomic E-state index is -0.721. The van der Waals surface area contributed by atoms with E-state index in [9.17, 15) is 14.4 Å². The van der Waals surface area contributed by atoms with Crippen molar-refractivity contribution in [3.63, 3.8) is 0 Å². The summed E-state index contributed by atoms with van der Waals surface area (Å²) >= 11 is 6.19. The Morgan fingerprint density at radius 1 is 1.28 bits per heavy atom. The fraction of sp³-hybridized carbons (Fsp3) is 0.824. The lowest BCUT2D eigenvalue weighted by Crippen LogP contribution is -2.50. The van der Waals surface area contributed by atoms with Crippen molar-refractivity contribution in [2.45, 2.75) is 37.3 Å². The summed E-state index contributed by atoms with van der Waals surface area (Å²) in [6.07, 6.45) is -1.16. The fourth-order valence-electron chi connectivity index (χ4n) is 1.61. The molecule has 1 aliphatic heterocycles. The molecule has 0 aromatic rings. The molecule has 172 valence electrons. The zero-order chi connectivity index (χ0) is 23.0. The molecule has 0 aromatic heterocycles. The number of aliphatic hydroxyl groups is 1. The van der Waals surface area contributed by atoms with Gasteiger partial charge in [0.25, 0.3) is 0 Å². The normalized spacial score (nSPS) is 16.9. The van der Waals surface area contributed by atoms with E-state index in [1.54, 1.807) is 20.8 Å². The van der Waals surface area contributed by atoms with Gasteiger partial charge in [-0.1, -0.05) is 31.9 Å². The van der Waals surface area contributed by atoms with Crippen molar-refractivity contribution in [2.24, 2.45) is 5.73 Å². The Hall–Kier alpha value is -0.950. The maximum absolute atomic E-state index is 11.8. The van der Waals surface area contributed by atoms with Crippen LogP contribution in [0.4, 0.5) is 4.79 Å². The topological polar surface area (TPSA) is 138 Å². The van der Waals surface area contributed by atoms with Crippen molar-refractivity contribution in [3.05, 3.63) is 0 Å². The first kappa shape index (κ1) is 30.2. The van der Waals surface area contributed by atoms with E-state index in [1.165, 1.54) is 19.1 Å². The van der Waals surface area contributed by atoms with Gasteiger partial charge in [-0.2, -0.15) is 0 Å². The number of morpholine rings is 1. The van der Waals surface area contributed by atoms with Crippen LogP contribution >= 0.6 is 31.9 Å². The molecule has 0 radical (unpaired) electrons. The SMILES string of the molecule is COC(=O)C(Br)CBr.COC(=O)C1CN(C(=O)OC(C)(C)C)CCO1.NCCO. The summed E-state index contributed by atoms with van der Waals surface area (Å²) in [7, 11) is 2.65. The number of hydrogen-bond acceptors (Lipinski definition) is 9. The smallest absolute Gasteiger partial charge is 0.410 e. The molecule has 29 heavy (non-hydrogen) atoms. The summed E-state index contributed by atoms with van der Waals surface area (Å²) in [4.78, 5) is 34.7. The molecule has 1 rings (SSSR count). The molecule has 2 unspecified atom stereocenters. The second-order valence-corrected chi connectivity index (χ2v) is 8.22. The van der Waals surface area contributed by atoms with E-state index < -0.39 is 23.8 Å². The molecule has 0 aromatic carbocycles. The van der Waals surface area contributed by atoms with Crippen molar-refractivity contribution < 1.29 is 38.4 Å². The first-order valence-electron chi connectivity index (χ1n) is 8.73. The highest BCUT2D eigenvalue weighted by Gasteiger charge is 2.32. The highest BCUT2D eigenvalue weighted by atomic mass is 79.9. The Kier molecular flexibility index (Phi) is 17.5. The third kappa shape index (κ3) is 15.5. The van der Waals surface area contributed by atoms with Crippen LogP contribution in [0.15, 0.2) is 0 Å². The van der Waals surface area contributed by atoms with Crippen molar-refractivity contribution in [1.82, 2.24) is 4.90 Å². The van der Waals surface area contributed by atoms with E-state index in [0.29, 0.717) is 25.0 Å². The number of amides is 1. The van der Waals surface area contributed by atoms with Gasteiger partial charge in [0.2, 0.25) is 0 Å². The minimum Gasteiger partial charge on any atom is -0.468 e. The average molecular weight is 552 g/mol. The fourth-order valence-corrected chi connectivity index (χ4v) is 2.06. The number of nitrogens with two attached hydrogens (primary N) is 1. The molecule has 1 heterocycles. The van der Waals surface area contributed by atoms with Gasteiger partial charge in [-0.15, -0.1) is 0 Å². The van der Waals surface area contributed by atoms with Crippen LogP contribution in [0.2, 0.25) is 0 Å². The molecule has 1 saturated heterocycles. The molecule has 1 fully saturated rings. The predicted octanol–water partition coefficient (Wildman–Crippen LogP) is 1.05. The second kappa shape index (κ2) is 16.8. The summed E-state index contributed by atoms with van der Waals surface area (Å²) in [5.74, 6) is -0.722. The van der Waals surface area contributed by atoms with Crippen molar-refractivity contribution in [2.75, 3.05) is 52.4 Å². The number of aliphatic hydroxyl groups excluding tert-OH is 1. The van der Waals surface area contributed by atoms with Gasteiger partial charge in [-0.05, 0) is 20.8 Å². The molecule has 1 aliphatic rings. The van der Waals surface area contributed by atoms with E-state index in [4.69, 9.17) is 20.3 Å². The number of methoxy groups -OCH3 is 2. The standard InChI is InChI=1S/C11H19NO5.C4H6Br2O2.C2H7NO/c1-11(2,3)17-10(14)12-5-6-16-8(7-12)9(13)15-4;1-8-4(7)3(6)2-5;3-1-2-4/h8H,5-7H2,1-4H3;3H,2H2,1H3;4H,1-3H2. The number of halogens is 2. The Morgan fingerprint density at radius 2 is 1.83 bits per heavy atom. The van der Waals surface area contributed by atoms with E-state index in [2.05, 4.69) is 41.3 Å². The number of carbonyl (C=O) groups is 3. The number of hydrogen-bond donors (Lipinski definition) is 2. The van der Waals surface area contributed by atoms with Crippen LogP contribution in [0.25, 0.3) is 0 Å². The van der Waals surface area contributed by atoms with Gasteiger partial charge in [-0.25, -0.2) is 9.59 Å². The van der Waals surface area contributed by atoms with Gasteiger partial charge in [0.1, 0.15) is 10.4 Å². The lowest BCUT2D eigenvalue weighted by molar-refractivity contribution is -0.159. The molecule has 3 N–H and O–H groups in total. The summed E-state index contributed by atoms with van der Waals surface area (Å²) in [6, 6.07) is 0. The van der Waals surface area contributed by atoms with Crippen molar-refractivity contribution >= 4 is 49.9 Å². The van der Waals surface area contributed by atoms with Crippen LogP contribution < -0.4 is 5.73 Å². The van der Waals surface area contributed by atoms with Gasteiger partial charge in [0.05, 0.1) is 34.0 Å². The number of carbonyl (C=O) groups excluding carboxylic acids is 3. The summed E-state index contributed by atoms with van der Waals surface area (Å²) in [5, 5.41) is 8.33. The van der Waals surface area contributed by atoms with Crippen LogP contribution in [0, 0.1) is 0 Å². The Morgan fingerprint density at radius 3 is 2.17 bits per heavy atom. The minimum absolute atomic E-state index is 0.0972. The molecule has 0 spiro atoms. The van der Waals surface area contributed by atoms with E-state index >= 15 is 0 Å². The molecule has 0 saturated carbocycles. The van der Waals surface area contributed by atoms with E-state index in [1.807, 2.05) is 0 Å². The van der Waals surface area contributed by atoms with Crippen LogP contribution in [-0.4, -0.2) is 97.0 Å². The highest BCUT2D eigenvalue weighted by Crippen LogP contribution is 2.13. The summed E-state index contributed by atoms with van der Waals surface area (Å²) < 4.78 is 19.4. The molecule has 2 atom stereocenters. The molecular weight excluding hydrogens is 520 g/mol. The number of rotatable bonds is 4. The van der Waals surface area contributed by atoms with Gasteiger partial charge >= 0.3 is 18.0 Å². The zero-order valence-corrected chi connectivity index (χ0v) is 20.7. The summed E-state index contributed by atoms with van der Waals surface area (Å²) in [5.41, 5.74) is 4.23. The largest absolute Gasteiger partial charge is 0.468 e. The van der Waals surface area contributed by atoms with Crippen molar-refractivity contribution in [1.29, 1.82) is 0 Å². The molecule has 0 bridgehead atoms. The monoisotopic (exact) mass is 550 g/mol. The van der Waals surface area contributed by atoms with Gasteiger partial charge in [0, 0.05) is 18.4 Å². The summed E-state index contributed by atoms with van der Waals surface area (Å²) in [6.45, 7) is 6.75. The second-order valence-electron chi connectivity index (χ2n) is 6.47. The van der Waals surface area contributed by atoms with Gasteiger partial charge in [-0.3, -0.25) is 4.79 Å². The third-order valence-corrected chi connectivity index (χ3v) is 5.12. The number of nitrogens with zero attached hydrogens (tertiary/aromatic N) is 1. The van der Waals surface area contributed by atoms with Crippen LogP contribution in [0.3, 0.4) is 0 Å². The maximum Gasteiger partial charge on any atom is 0.410 e. The lowest BCUT2D eigenvalue weighted by atomic mass is 10.2. The van der Waals surface area contributed by atoms with E-state index in [-0.39, 0.29) is 23.9 Å². The van der Waals surface area contributed by atoms with E-state index in [0.717, 1.165) is 0 Å². The highest BCUT2D eigenvalue weighted by molar-refractivity contribution is 9.12. The molecule has 1 amide bonds. The first-order valence-corrected chi connectivity index (χ1v) is 10.8. The first-order chi connectivity index (χ1) is 13.5.